The summed E-state index contributed by atoms with van der Waals surface area (Å²) in [6.45, 7) is 4.66. The molecule has 0 saturated heterocycles. The Morgan fingerprint density at radius 3 is 2.27 bits per heavy atom. The topological polar surface area (TPSA) is 77.5 Å². The van der Waals surface area contributed by atoms with Crippen LogP contribution in [-0.2, 0) is 4.74 Å². The third-order valence-corrected chi connectivity index (χ3v) is 8.26. The molecule has 0 aliphatic carbocycles. The fraction of sp³-hybridized carbons (Fsp3) is 0.132. The summed E-state index contributed by atoms with van der Waals surface area (Å²) >= 11 is 1.30. The maximum absolute atomic E-state index is 14.0. The Kier molecular flexibility index (Phi) is 8.99. The van der Waals surface area contributed by atoms with Crippen molar-refractivity contribution in [3.63, 3.8) is 0 Å². The van der Waals surface area contributed by atoms with Crippen LogP contribution in [-0.4, -0.2) is 30.1 Å². The molecule has 2 aromatic heterocycles. The van der Waals surface area contributed by atoms with Crippen LogP contribution in [0.5, 0.6) is 5.75 Å². The van der Waals surface area contributed by atoms with E-state index in [2.05, 4.69) is 24.4 Å². The first kappa shape index (κ1) is 29.8. The fourth-order valence-corrected chi connectivity index (χ4v) is 6.14. The highest BCUT2D eigenvalue weighted by molar-refractivity contribution is 7.15. The summed E-state index contributed by atoms with van der Waals surface area (Å²) in [5.74, 6) is -0.0794. The summed E-state index contributed by atoms with van der Waals surface area (Å²) < 4.78 is 11.3. The Morgan fingerprint density at radius 2 is 1.49 bits per heavy atom. The lowest BCUT2D eigenvalue weighted by molar-refractivity contribution is 0.0529. The van der Waals surface area contributed by atoms with Gasteiger partial charge in [-0.1, -0.05) is 91.9 Å². The van der Waals surface area contributed by atoms with Crippen LogP contribution >= 0.6 is 11.3 Å². The molecule has 0 unspecified atom stereocenters. The Bertz CT molecular complexity index is 1970. The number of thiophene rings is 1. The molecule has 0 saturated carbocycles. The smallest absolute Gasteiger partial charge is 0.341 e. The minimum atomic E-state index is -0.486. The van der Waals surface area contributed by atoms with Crippen LogP contribution in [0.2, 0.25) is 0 Å². The lowest BCUT2D eigenvalue weighted by Gasteiger charge is -2.12. The number of para-hydroxylation sites is 1. The van der Waals surface area contributed by atoms with Gasteiger partial charge in [0.15, 0.2) is 0 Å². The summed E-state index contributed by atoms with van der Waals surface area (Å²) in [5.41, 5.74) is 6.71. The molecule has 0 aliphatic rings. The first-order chi connectivity index (χ1) is 22.1. The number of esters is 1. The minimum absolute atomic E-state index is 0.216. The maximum atomic E-state index is 14.0. The number of amides is 1. The molecule has 4 aromatic carbocycles. The average Bonchev–Trinajstić information content (AvgIpc) is 3.51. The van der Waals surface area contributed by atoms with Gasteiger partial charge in [0.2, 0.25) is 0 Å². The molecule has 2 heterocycles. The van der Waals surface area contributed by atoms with Gasteiger partial charge in [-0.25, -0.2) is 9.78 Å². The zero-order valence-corrected chi connectivity index (χ0v) is 25.9. The second-order valence-electron chi connectivity index (χ2n) is 10.4. The van der Waals surface area contributed by atoms with Crippen molar-refractivity contribution in [1.82, 2.24) is 4.98 Å². The third-order valence-electron chi connectivity index (χ3n) is 7.36. The summed E-state index contributed by atoms with van der Waals surface area (Å²) in [6.07, 6.45) is 0.903. The molecule has 0 fully saturated rings. The number of anilines is 1. The van der Waals surface area contributed by atoms with Gasteiger partial charge in [-0.2, -0.15) is 0 Å². The number of nitrogens with one attached hydrogen (secondary N) is 1. The summed E-state index contributed by atoms with van der Waals surface area (Å²) in [4.78, 5) is 32.1. The third kappa shape index (κ3) is 6.49. The molecule has 0 bridgehead atoms. The van der Waals surface area contributed by atoms with Crippen LogP contribution in [0.4, 0.5) is 5.00 Å². The van der Waals surface area contributed by atoms with Crippen molar-refractivity contribution in [2.24, 2.45) is 0 Å². The van der Waals surface area contributed by atoms with E-state index in [1.165, 1.54) is 11.3 Å². The van der Waals surface area contributed by atoms with Crippen molar-refractivity contribution in [3.8, 4) is 39.3 Å². The number of carbonyl (C=O) groups excluding carboxylic acids is 2. The predicted molar refractivity (Wildman–Crippen MR) is 182 cm³/mol. The lowest BCUT2D eigenvalue weighted by Crippen LogP contribution is -2.15. The van der Waals surface area contributed by atoms with Crippen molar-refractivity contribution >= 4 is 39.1 Å². The van der Waals surface area contributed by atoms with Crippen LogP contribution in [0.25, 0.3) is 44.4 Å². The van der Waals surface area contributed by atoms with Gasteiger partial charge in [-0.15, -0.1) is 11.3 Å². The Hall–Kier alpha value is -5.27. The predicted octanol–water partition coefficient (Wildman–Crippen LogP) is 9.52. The molecular weight excluding hydrogens is 580 g/mol. The highest BCUT2D eigenvalue weighted by atomic mass is 32.1. The van der Waals surface area contributed by atoms with Crippen LogP contribution in [0.1, 0.15) is 41.0 Å². The van der Waals surface area contributed by atoms with Crippen LogP contribution in [0, 0.1) is 0 Å². The summed E-state index contributed by atoms with van der Waals surface area (Å²) in [5, 5.41) is 6.06. The zero-order chi connectivity index (χ0) is 31.2. The van der Waals surface area contributed by atoms with Crippen molar-refractivity contribution in [1.29, 1.82) is 0 Å². The van der Waals surface area contributed by atoms with Gasteiger partial charge in [-0.3, -0.25) is 4.79 Å². The van der Waals surface area contributed by atoms with E-state index < -0.39 is 5.97 Å². The molecule has 7 heteroatoms. The quantitative estimate of drug-likeness (QED) is 0.156. The second-order valence-corrected chi connectivity index (χ2v) is 11.3. The molecule has 6 rings (SSSR count). The van der Waals surface area contributed by atoms with Gasteiger partial charge in [0.05, 0.1) is 30.0 Å². The van der Waals surface area contributed by atoms with E-state index in [1.54, 1.807) is 13.0 Å². The van der Waals surface area contributed by atoms with E-state index in [-0.39, 0.29) is 12.5 Å². The summed E-state index contributed by atoms with van der Waals surface area (Å²) in [7, 11) is 0. The maximum Gasteiger partial charge on any atom is 0.341 e. The molecule has 0 atom stereocenters. The normalized spacial score (nSPS) is 10.9. The molecule has 45 heavy (non-hydrogen) atoms. The first-order valence-electron chi connectivity index (χ1n) is 14.9. The number of benzene rings is 4. The molecule has 1 amide bonds. The highest BCUT2D eigenvalue weighted by Gasteiger charge is 2.24. The number of nitrogens with zero attached hydrogens (tertiary/aromatic N) is 1. The number of carbonyl (C=O) groups is 2. The number of hydrogen-bond acceptors (Lipinski definition) is 6. The zero-order valence-electron chi connectivity index (χ0n) is 25.1. The molecular formula is C38H32N2O4S. The Balaban J connectivity index is 1.36. The summed E-state index contributed by atoms with van der Waals surface area (Å²) in [6, 6.07) is 35.2. The van der Waals surface area contributed by atoms with E-state index in [0.717, 1.165) is 34.4 Å². The van der Waals surface area contributed by atoms with Gasteiger partial charge in [-0.05, 0) is 54.3 Å². The SMILES string of the molecule is CCCOc1cccc(-c2cc(C(=O)Nc3scc(-c4ccc(-c5ccccc5)cc4)c3C(=O)OCC)c3ccccc3n2)c1. The van der Waals surface area contributed by atoms with E-state index in [0.29, 0.717) is 44.9 Å². The Morgan fingerprint density at radius 1 is 0.778 bits per heavy atom. The van der Waals surface area contributed by atoms with Gasteiger partial charge in [0.1, 0.15) is 16.3 Å². The standard InChI is InChI=1S/C38H32N2O4S/c1-3-21-44-29-14-10-13-28(22-29)34-23-31(30-15-8-9-16-33(30)39-34)36(41)40-37-35(38(42)43-4-2)32(24-45-37)27-19-17-26(18-20-27)25-11-6-5-7-12-25/h5-20,22-24H,3-4,21H2,1-2H3,(H,40,41). The van der Waals surface area contributed by atoms with Gasteiger partial charge in [0, 0.05) is 21.9 Å². The van der Waals surface area contributed by atoms with Crippen LogP contribution < -0.4 is 10.1 Å². The molecule has 224 valence electrons. The molecule has 6 aromatic rings. The number of rotatable bonds is 10. The van der Waals surface area contributed by atoms with E-state index in [4.69, 9.17) is 14.5 Å². The molecule has 0 spiro atoms. The fourth-order valence-electron chi connectivity index (χ4n) is 5.19. The van der Waals surface area contributed by atoms with E-state index in [9.17, 15) is 9.59 Å². The Labute approximate surface area is 266 Å². The molecule has 0 aliphatic heterocycles. The van der Waals surface area contributed by atoms with Gasteiger partial charge in [0.25, 0.3) is 5.91 Å². The first-order valence-corrected chi connectivity index (χ1v) is 15.8. The largest absolute Gasteiger partial charge is 0.494 e. The number of fused-ring (bicyclic) bond motifs is 1. The average molecular weight is 613 g/mol. The van der Waals surface area contributed by atoms with Gasteiger partial charge < -0.3 is 14.8 Å². The number of ether oxygens (including phenoxy) is 2. The monoisotopic (exact) mass is 612 g/mol. The van der Waals surface area contributed by atoms with Crippen molar-refractivity contribution < 1.29 is 19.1 Å². The molecule has 1 N–H and O–H groups in total. The number of pyridine rings is 1. The van der Waals surface area contributed by atoms with E-state index >= 15 is 0 Å². The number of hydrogen-bond donors (Lipinski definition) is 1. The number of aromatic nitrogens is 1. The molecule has 6 nitrogen and oxygen atoms in total. The lowest BCUT2D eigenvalue weighted by atomic mass is 9.99. The second kappa shape index (κ2) is 13.6. The van der Waals surface area contributed by atoms with Gasteiger partial charge >= 0.3 is 5.97 Å². The van der Waals surface area contributed by atoms with E-state index in [1.807, 2.05) is 96.4 Å². The van der Waals surface area contributed by atoms with Crippen LogP contribution in [0.3, 0.4) is 0 Å². The van der Waals surface area contributed by atoms with Crippen LogP contribution in [0.15, 0.2) is 115 Å². The van der Waals surface area contributed by atoms with Crippen molar-refractivity contribution in [2.75, 3.05) is 18.5 Å². The van der Waals surface area contributed by atoms with Crippen molar-refractivity contribution in [3.05, 3.63) is 126 Å². The minimum Gasteiger partial charge on any atom is -0.494 e. The molecule has 0 radical (unpaired) electrons. The highest BCUT2D eigenvalue weighted by Crippen LogP contribution is 2.38. The van der Waals surface area contributed by atoms with Crippen molar-refractivity contribution in [2.45, 2.75) is 20.3 Å².